The molecule has 3 aliphatic rings. The fourth-order valence-electron chi connectivity index (χ4n) is 5.06. The Bertz CT molecular complexity index is 1250. The summed E-state index contributed by atoms with van der Waals surface area (Å²) in [6.45, 7) is 6.24. The van der Waals surface area contributed by atoms with Gasteiger partial charge in [-0.15, -0.1) is 0 Å². The number of aryl methyl sites for hydroxylation is 1. The first-order chi connectivity index (χ1) is 17.3. The van der Waals surface area contributed by atoms with Crippen molar-refractivity contribution in [1.29, 1.82) is 0 Å². The van der Waals surface area contributed by atoms with E-state index in [0.29, 0.717) is 65.0 Å². The van der Waals surface area contributed by atoms with E-state index in [-0.39, 0.29) is 11.8 Å². The lowest BCUT2D eigenvalue weighted by Gasteiger charge is -2.27. The van der Waals surface area contributed by atoms with E-state index in [9.17, 15) is 18.8 Å². The zero-order chi connectivity index (χ0) is 25.4. The number of nitrogens with one attached hydrogen (secondary N) is 3. The first kappa shape index (κ1) is 24.1. The van der Waals surface area contributed by atoms with Gasteiger partial charge in [-0.1, -0.05) is 0 Å². The summed E-state index contributed by atoms with van der Waals surface area (Å²) >= 11 is 0. The highest BCUT2D eigenvalue weighted by atomic mass is 19.1. The highest BCUT2D eigenvalue weighted by molar-refractivity contribution is 6.34. The highest BCUT2D eigenvalue weighted by Gasteiger charge is 2.35. The minimum Gasteiger partial charge on any atom is -0.408 e. The predicted octanol–water partition coefficient (Wildman–Crippen LogP) is 3.38. The van der Waals surface area contributed by atoms with Crippen LogP contribution < -0.4 is 15.4 Å². The number of nitrogens with zero attached hydrogens (tertiary/aromatic N) is 1. The van der Waals surface area contributed by atoms with E-state index in [4.69, 9.17) is 9.47 Å². The molecule has 0 radical (unpaired) electrons. The molecule has 0 unspecified atom stereocenters. The topological polar surface area (TPSA) is 113 Å². The second-order valence-corrected chi connectivity index (χ2v) is 9.53. The number of carbonyl (C=O) groups is 3. The molecule has 1 aromatic heterocycles. The van der Waals surface area contributed by atoms with Gasteiger partial charge in [0.1, 0.15) is 11.9 Å². The second kappa shape index (κ2) is 9.77. The molecular formula is C26H29FN4O5. The molecule has 0 saturated carbocycles. The summed E-state index contributed by atoms with van der Waals surface area (Å²) in [7, 11) is 0. The minimum absolute atomic E-state index is 0.0930. The molecule has 1 aromatic carbocycles. The summed E-state index contributed by atoms with van der Waals surface area (Å²) in [5, 5.41) is 5.41. The number of hydrogen-bond acceptors (Lipinski definition) is 5. The third kappa shape index (κ3) is 4.73. The largest absolute Gasteiger partial charge is 0.413 e. The van der Waals surface area contributed by atoms with Crippen LogP contribution in [0.4, 0.5) is 14.9 Å². The Labute approximate surface area is 208 Å². The zero-order valence-corrected chi connectivity index (χ0v) is 20.3. The molecule has 10 heteroatoms. The summed E-state index contributed by atoms with van der Waals surface area (Å²) < 4.78 is 24.7. The number of aromatic nitrogens is 1. The van der Waals surface area contributed by atoms with Gasteiger partial charge in [-0.3, -0.25) is 9.59 Å². The SMILES string of the molecule is Cc1[nH]c(/C=C2\C(=O)Nc3ccc(F)cc32)c(C)c1OC(=O)N[C@H]1CCN(CC2CCOCC2)C1=O. The maximum atomic E-state index is 13.8. The minimum atomic E-state index is -0.711. The Morgan fingerprint density at radius 2 is 2.03 bits per heavy atom. The number of halogens is 1. The molecule has 190 valence electrons. The van der Waals surface area contributed by atoms with Gasteiger partial charge in [0.15, 0.2) is 5.75 Å². The average molecular weight is 497 g/mol. The monoisotopic (exact) mass is 496 g/mol. The molecule has 3 amide bonds. The molecular weight excluding hydrogens is 467 g/mol. The van der Waals surface area contributed by atoms with Crippen LogP contribution in [0.25, 0.3) is 11.6 Å². The molecule has 3 N–H and O–H groups in total. The van der Waals surface area contributed by atoms with E-state index in [2.05, 4.69) is 15.6 Å². The van der Waals surface area contributed by atoms with Gasteiger partial charge in [-0.2, -0.15) is 0 Å². The van der Waals surface area contributed by atoms with Crippen molar-refractivity contribution in [2.45, 2.75) is 39.2 Å². The van der Waals surface area contributed by atoms with E-state index in [0.717, 1.165) is 26.1 Å². The smallest absolute Gasteiger partial charge is 0.408 e. The molecule has 0 bridgehead atoms. The number of H-pyrrole nitrogens is 1. The number of ether oxygens (including phenoxy) is 2. The van der Waals surface area contributed by atoms with Crippen LogP contribution in [0.3, 0.4) is 0 Å². The fraction of sp³-hybridized carbons (Fsp3) is 0.423. The standard InChI is InChI=1S/C26H29FN4O5/c1-14-22(12-19-18-11-17(27)3-4-20(18)29-24(19)32)28-15(2)23(14)36-26(34)30-21-5-8-31(25(21)33)13-16-6-9-35-10-7-16/h3-4,11-12,16,21,28H,5-10,13H2,1-2H3,(H,29,32)(H,30,34)/b19-12-/t21-/m0/s1. The van der Waals surface area contributed by atoms with Gasteiger partial charge in [0.25, 0.3) is 5.91 Å². The number of aromatic amines is 1. The van der Waals surface area contributed by atoms with Gasteiger partial charge in [0.2, 0.25) is 5.91 Å². The van der Waals surface area contributed by atoms with Gasteiger partial charge >= 0.3 is 6.09 Å². The van der Waals surface area contributed by atoms with Crippen molar-refractivity contribution in [2.75, 3.05) is 31.6 Å². The van der Waals surface area contributed by atoms with E-state index < -0.39 is 18.0 Å². The van der Waals surface area contributed by atoms with E-state index in [1.165, 1.54) is 18.2 Å². The molecule has 3 aliphatic heterocycles. The lowest BCUT2D eigenvalue weighted by molar-refractivity contribution is -0.130. The first-order valence-corrected chi connectivity index (χ1v) is 12.2. The van der Waals surface area contributed by atoms with Crippen LogP contribution in [0.5, 0.6) is 5.75 Å². The molecule has 9 nitrogen and oxygen atoms in total. The number of amides is 3. The normalized spacial score (nSPS) is 21.1. The lowest BCUT2D eigenvalue weighted by atomic mass is 10.00. The zero-order valence-electron chi connectivity index (χ0n) is 20.3. The second-order valence-electron chi connectivity index (χ2n) is 9.53. The van der Waals surface area contributed by atoms with Gasteiger partial charge in [0, 0.05) is 48.8 Å². The van der Waals surface area contributed by atoms with Gasteiger partial charge in [-0.05, 0) is 63.3 Å². The number of fused-ring (bicyclic) bond motifs is 1. The molecule has 2 saturated heterocycles. The Kier molecular flexibility index (Phi) is 6.53. The molecule has 5 rings (SSSR count). The highest BCUT2D eigenvalue weighted by Crippen LogP contribution is 2.35. The van der Waals surface area contributed by atoms with Crippen molar-refractivity contribution in [1.82, 2.24) is 15.2 Å². The van der Waals surface area contributed by atoms with Crippen LogP contribution in [0.1, 0.15) is 41.8 Å². The van der Waals surface area contributed by atoms with Crippen molar-refractivity contribution in [3.63, 3.8) is 0 Å². The van der Waals surface area contributed by atoms with E-state index in [1.54, 1.807) is 19.9 Å². The van der Waals surface area contributed by atoms with Crippen molar-refractivity contribution in [2.24, 2.45) is 5.92 Å². The number of carbonyl (C=O) groups excluding carboxylic acids is 3. The number of benzene rings is 1. The number of anilines is 1. The van der Waals surface area contributed by atoms with Crippen LogP contribution >= 0.6 is 0 Å². The van der Waals surface area contributed by atoms with Gasteiger partial charge in [-0.25, -0.2) is 9.18 Å². The lowest BCUT2D eigenvalue weighted by Crippen LogP contribution is -2.44. The summed E-state index contributed by atoms with van der Waals surface area (Å²) in [5.41, 5.74) is 3.09. The number of likely N-dealkylation sites (tertiary alicyclic amines) is 1. The fourth-order valence-corrected chi connectivity index (χ4v) is 5.06. The Morgan fingerprint density at radius 1 is 1.25 bits per heavy atom. The first-order valence-electron chi connectivity index (χ1n) is 12.2. The summed E-state index contributed by atoms with van der Waals surface area (Å²) in [6.07, 6.45) is 3.32. The summed E-state index contributed by atoms with van der Waals surface area (Å²) in [5.74, 6) is -0.126. The average Bonchev–Trinajstić information content (AvgIpc) is 3.44. The van der Waals surface area contributed by atoms with Crippen molar-refractivity contribution in [3.8, 4) is 5.75 Å². The van der Waals surface area contributed by atoms with E-state index >= 15 is 0 Å². The Morgan fingerprint density at radius 3 is 2.81 bits per heavy atom. The predicted molar refractivity (Wildman–Crippen MR) is 131 cm³/mol. The van der Waals surface area contributed by atoms with Crippen molar-refractivity contribution in [3.05, 3.63) is 46.5 Å². The molecule has 0 spiro atoms. The van der Waals surface area contributed by atoms with Crippen molar-refractivity contribution >= 4 is 35.2 Å². The van der Waals surface area contributed by atoms with Crippen LogP contribution in [0.2, 0.25) is 0 Å². The van der Waals surface area contributed by atoms with Crippen LogP contribution in [0.15, 0.2) is 18.2 Å². The van der Waals surface area contributed by atoms with Crippen LogP contribution in [-0.2, 0) is 14.3 Å². The summed E-state index contributed by atoms with van der Waals surface area (Å²) in [4.78, 5) is 42.9. The van der Waals surface area contributed by atoms with Gasteiger partial charge < -0.3 is 30.0 Å². The third-order valence-electron chi connectivity index (χ3n) is 7.06. The molecule has 1 atom stereocenters. The molecule has 4 heterocycles. The third-order valence-corrected chi connectivity index (χ3v) is 7.06. The number of hydrogen-bond donors (Lipinski definition) is 3. The quantitative estimate of drug-likeness (QED) is 0.550. The number of rotatable bonds is 5. The molecule has 2 fully saturated rings. The molecule has 2 aromatic rings. The Balaban J connectivity index is 1.25. The molecule has 0 aliphatic carbocycles. The van der Waals surface area contributed by atoms with Crippen LogP contribution in [0, 0.1) is 25.6 Å². The van der Waals surface area contributed by atoms with Crippen LogP contribution in [-0.4, -0.2) is 60.1 Å². The van der Waals surface area contributed by atoms with Crippen molar-refractivity contribution < 1.29 is 28.2 Å². The van der Waals surface area contributed by atoms with Gasteiger partial charge in [0.05, 0.1) is 11.3 Å². The maximum absolute atomic E-state index is 13.8. The Hall–Kier alpha value is -3.66. The molecule has 36 heavy (non-hydrogen) atoms. The van der Waals surface area contributed by atoms with E-state index in [1.807, 2.05) is 4.90 Å². The summed E-state index contributed by atoms with van der Waals surface area (Å²) in [6, 6.07) is 3.49. The maximum Gasteiger partial charge on any atom is 0.413 e.